The van der Waals surface area contributed by atoms with Crippen LogP contribution in [0.3, 0.4) is 0 Å². The second-order valence-corrected chi connectivity index (χ2v) is 3.30. The van der Waals surface area contributed by atoms with Crippen molar-refractivity contribution in [3.63, 3.8) is 0 Å². The first-order chi connectivity index (χ1) is 7.36. The van der Waals surface area contributed by atoms with Gasteiger partial charge in [0.2, 0.25) is 0 Å². The number of aromatic amines is 1. The van der Waals surface area contributed by atoms with Crippen LogP contribution in [-0.4, -0.2) is 10.2 Å². The van der Waals surface area contributed by atoms with Gasteiger partial charge in [-0.25, -0.2) is 0 Å². The number of nitrogens with two attached hydrogens (primary N) is 2. The minimum atomic E-state index is 0.437. The summed E-state index contributed by atoms with van der Waals surface area (Å²) >= 11 is 0. The number of hydrogen-bond acceptors (Lipinski definition) is 3. The Morgan fingerprint density at radius 1 is 1.07 bits per heavy atom. The minimum Gasteiger partial charge on any atom is -0.326 e. The highest BCUT2D eigenvalue weighted by Gasteiger charge is 2.11. The third kappa shape index (κ3) is 1.77. The summed E-state index contributed by atoms with van der Waals surface area (Å²) in [7, 11) is 0. The maximum absolute atomic E-state index is 5.69. The molecule has 1 aromatic carbocycles. The molecule has 2 aromatic rings. The summed E-state index contributed by atoms with van der Waals surface area (Å²) in [5.74, 6) is 0. The van der Waals surface area contributed by atoms with Gasteiger partial charge in [0, 0.05) is 24.2 Å². The first-order valence-electron chi connectivity index (χ1n) is 4.88. The molecule has 0 radical (unpaired) electrons. The fraction of sp³-hybridized carbons (Fsp3) is 0.182. The third-order valence-electron chi connectivity index (χ3n) is 2.41. The van der Waals surface area contributed by atoms with E-state index in [4.69, 9.17) is 11.5 Å². The van der Waals surface area contributed by atoms with Gasteiger partial charge in [-0.15, -0.1) is 0 Å². The van der Waals surface area contributed by atoms with E-state index in [9.17, 15) is 0 Å². The van der Waals surface area contributed by atoms with Crippen LogP contribution in [0.15, 0.2) is 30.3 Å². The molecule has 0 bridgehead atoms. The lowest BCUT2D eigenvalue weighted by molar-refractivity contribution is 0.922. The topological polar surface area (TPSA) is 80.7 Å². The minimum absolute atomic E-state index is 0.437. The Hall–Kier alpha value is -1.65. The van der Waals surface area contributed by atoms with Crippen molar-refractivity contribution in [2.24, 2.45) is 11.5 Å². The van der Waals surface area contributed by atoms with Crippen LogP contribution in [0.1, 0.15) is 11.3 Å². The number of aromatic nitrogens is 2. The molecule has 15 heavy (non-hydrogen) atoms. The Balaban J connectivity index is 2.49. The zero-order valence-electron chi connectivity index (χ0n) is 8.40. The van der Waals surface area contributed by atoms with Crippen LogP contribution in [0.5, 0.6) is 0 Å². The van der Waals surface area contributed by atoms with Gasteiger partial charge in [0.05, 0.1) is 11.4 Å². The van der Waals surface area contributed by atoms with Crippen LogP contribution in [0.25, 0.3) is 11.3 Å². The van der Waals surface area contributed by atoms with E-state index in [1.54, 1.807) is 0 Å². The Morgan fingerprint density at radius 3 is 2.40 bits per heavy atom. The van der Waals surface area contributed by atoms with Crippen LogP contribution >= 0.6 is 0 Å². The maximum atomic E-state index is 5.69. The first-order valence-corrected chi connectivity index (χ1v) is 4.88. The number of H-pyrrole nitrogens is 1. The molecule has 0 fully saturated rings. The molecule has 0 aliphatic heterocycles. The van der Waals surface area contributed by atoms with Gasteiger partial charge in [-0.3, -0.25) is 5.10 Å². The lowest BCUT2D eigenvalue weighted by Gasteiger charge is -2.01. The van der Waals surface area contributed by atoms with E-state index in [1.807, 2.05) is 30.3 Å². The van der Waals surface area contributed by atoms with E-state index in [0.29, 0.717) is 13.1 Å². The van der Waals surface area contributed by atoms with Crippen LogP contribution in [0, 0.1) is 0 Å². The molecule has 0 amide bonds. The fourth-order valence-corrected chi connectivity index (χ4v) is 1.62. The lowest BCUT2D eigenvalue weighted by atomic mass is 10.1. The summed E-state index contributed by atoms with van der Waals surface area (Å²) in [6, 6.07) is 9.95. The predicted octanol–water partition coefficient (Wildman–Crippen LogP) is 0.994. The second kappa shape index (κ2) is 4.25. The Labute approximate surface area is 88.3 Å². The van der Waals surface area contributed by atoms with Gasteiger partial charge in [0.25, 0.3) is 0 Å². The zero-order chi connectivity index (χ0) is 10.7. The third-order valence-corrected chi connectivity index (χ3v) is 2.41. The van der Waals surface area contributed by atoms with Crippen molar-refractivity contribution in [2.45, 2.75) is 13.1 Å². The van der Waals surface area contributed by atoms with Crippen molar-refractivity contribution in [3.8, 4) is 11.3 Å². The van der Waals surface area contributed by atoms with E-state index in [0.717, 1.165) is 22.5 Å². The number of nitrogens with one attached hydrogen (secondary N) is 1. The number of rotatable bonds is 3. The molecule has 4 nitrogen and oxygen atoms in total. The lowest BCUT2D eigenvalue weighted by Crippen LogP contribution is -2.05. The average Bonchev–Trinajstić information content (AvgIpc) is 2.72. The maximum Gasteiger partial charge on any atom is 0.0968 e. The molecule has 2 rings (SSSR count). The summed E-state index contributed by atoms with van der Waals surface area (Å²) in [6.07, 6.45) is 0. The van der Waals surface area contributed by atoms with E-state index in [2.05, 4.69) is 10.2 Å². The molecule has 4 heteroatoms. The number of hydrogen-bond donors (Lipinski definition) is 3. The summed E-state index contributed by atoms with van der Waals surface area (Å²) in [5, 5.41) is 7.16. The number of nitrogens with zero attached hydrogens (tertiary/aromatic N) is 1. The SMILES string of the molecule is NCc1[nH]nc(-c2ccccc2)c1CN. The van der Waals surface area contributed by atoms with Gasteiger partial charge < -0.3 is 11.5 Å². The standard InChI is InChI=1S/C11H14N4/c12-6-9-10(7-13)14-15-11(9)8-4-2-1-3-5-8/h1-5H,6-7,12-13H2,(H,14,15). The van der Waals surface area contributed by atoms with Crippen LogP contribution in [0.4, 0.5) is 0 Å². The Morgan fingerprint density at radius 2 is 1.80 bits per heavy atom. The van der Waals surface area contributed by atoms with Gasteiger partial charge >= 0.3 is 0 Å². The van der Waals surface area contributed by atoms with Crippen molar-refractivity contribution in [3.05, 3.63) is 41.6 Å². The normalized spacial score (nSPS) is 10.5. The Bertz CT molecular complexity index is 433. The molecule has 1 heterocycles. The molecular weight excluding hydrogens is 188 g/mol. The van der Waals surface area contributed by atoms with Gasteiger partial charge in [-0.05, 0) is 0 Å². The molecule has 1 aromatic heterocycles. The van der Waals surface area contributed by atoms with Crippen molar-refractivity contribution in [1.29, 1.82) is 0 Å². The molecule has 5 N–H and O–H groups in total. The summed E-state index contributed by atoms with van der Waals surface area (Å²) < 4.78 is 0. The highest BCUT2D eigenvalue weighted by molar-refractivity contribution is 5.63. The van der Waals surface area contributed by atoms with E-state index >= 15 is 0 Å². The predicted molar refractivity (Wildman–Crippen MR) is 59.8 cm³/mol. The monoisotopic (exact) mass is 202 g/mol. The van der Waals surface area contributed by atoms with Crippen molar-refractivity contribution in [1.82, 2.24) is 10.2 Å². The summed E-state index contributed by atoms with van der Waals surface area (Å²) in [6.45, 7) is 0.889. The van der Waals surface area contributed by atoms with E-state index in [-0.39, 0.29) is 0 Å². The number of benzene rings is 1. The molecule has 0 aliphatic carbocycles. The molecule has 78 valence electrons. The smallest absolute Gasteiger partial charge is 0.0968 e. The molecule has 0 spiro atoms. The highest BCUT2D eigenvalue weighted by atomic mass is 15.1. The van der Waals surface area contributed by atoms with Gasteiger partial charge in [-0.1, -0.05) is 30.3 Å². The van der Waals surface area contributed by atoms with E-state index in [1.165, 1.54) is 0 Å². The van der Waals surface area contributed by atoms with Crippen molar-refractivity contribution < 1.29 is 0 Å². The second-order valence-electron chi connectivity index (χ2n) is 3.30. The molecule has 0 atom stereocenters. The van der Waals surface area contributed by atoms with Gasteiger partial charge in [0.1, 0.15) is 0 Å². The summed E-state index contributed by atoms with van der Waals surface area (Å²) in [5.41, 5.74) is 15.2. The van der Waals surface area contributed by atoms with Crippen molar-refractivity contribution >= 4 is 0 Å². The van der Waals surface area contributed by atoms with Crippen LogP contribution < -0.4 is 11.5 Å². The average molecular weight is 202 g/mol. The largest absolute Gasteiger partial charge is 0.326 e. The van der Waals surface area contributed by atoms with Gasteiger partial charge in [-0.2, -0.15) is 5.10 Å². The molecule has 0 saturated carbocycles. The van der Waals surface area contributed by atoms with E-state index < -0.39 is 0 Å². The zero-order valence-corrected chi connectivity index (χ0v) is 8.40. The molecule has 0 aliphatic rings. The quantitative estimate of drug-likeness (QED) is 0.694. The first kappa shape index (κ1) is 9.89. The highest BCUT2D eigenvalue weighted by Crippen LogP contribution is 2.22. The Kier molecular flexibility index (Phi) is 2.80. The van der Waals surface area contributed by atoms with Crippen LogP contribution in [0.2, 0.25) is 0 Å². The molecule has 0 saturated heterocycles. The summed E-state index contributed by atoms with van der Waals surface area (Å²) in [4.78, 5) is 0. The fourth-order valence-electron chi connectivity index (χ4n) is 1.62. The molecular formula is C11H14N4. The van der Waals surface area contributed by atoms with Crippen LogP contribution in [-0.2, 0) is 13.1 Å². The van der Waals surface area contributed by atoms with Crippen molar-refractivity contribution in [2.75, 3.05) is 0 Å². The molecule has 0 unspecified atom stereocenters. The van der Waals surface area contributed by atoms with Gasteiger partial charge in [0.15, 0.2) is 0 Å².